The number of carbonyl (C=O) groups is 2. The summed E-state index contributed by atoms with van der Waals surface area (Å²) >= 11 is 5.27. The summed E-state index contributed by atoms with van der Waals surface area (Å²) in [6.07, 6.45) is 3.31. The monoisotopic (exact) mass is 241 g/mol. The summed E-state index contributed by atoms with van der Waals surface area (Å²) in [7, 11) is 1.59. The van der Waals surface area contributed by atoms with Crippen molar-refractivity contribution in [2.24, 2.45) is 0 Å². The van der Waals surface area contributed by atoms with E-state index in [9.17, 15) is 9.59 Å². The van der Waals surface area contributed by atoms with Crippen molar-refractivity contribution >= 4 is 23.5 Å². The van der Waals surface area contributed by atoms with E-state index < -0.39 is 11.9 Å². The number of hydrogen-bond donors (Lipinski definition) is 1. The fraction of sp³-hybridized carbons (Fsp3) is 0.300. The van der Waals surface area contributed by atoms with Crippen LogP contribution < -0.4 is 5.32 Å². The zero-order valence-electron chi connectivity index (χ0n) is 8.81. The topological polar surface area (TPSA) is 62.3 Å². The van der Waals surface area contributed by atoms with Gasteiger partial charge in [-0.1, -0.05) is 6.07 Å². The van der Waals surface area contributed by atoms with Crippen molar-refractivity contribution < 1.29 is 9.59 Å². The van der Waals surface area contributed by atoms with Crippen molar-refractivity contribution in [3.8, 4) is 0 Å². The Morgan fingerprint density at radius 1 is 1.56 bits per heavy atom. The maximum atomic E-state index is 11.4. The van der Waals surface area contributed by atoms with Crippen LogP contribution >= 0.6 is 11.6 Å². The zero-order valence-corrected chi connectivity index (χ0v) is 9.57. The van der Waals surface area contributed by atoms with Gasteiger partial charge in [-0.15, -0.1) is 11.6 Å². The Labute approximate surface area is 98.4 Å². The Bertz CT molecular complexity index is 370. The predicted octanol–water partition coefficient (Wildman–Crippen LogP) is 0.988. The lowest BCUT2D eigenvalue weighted by Crippen LogP contribution is -2.40. The molecule has 86 valence electrons. The molecule has 0 saturated heterocycles. The average molecular weight is 242 g/mol. The van der Waals surface area contributed by atoms with Crippen LogP contribution in [-0.4, -0.2) is 34.7 Å². The van der Waals surface area contributed by atoms with Gasteiger partial charge in [0.05, 0.1) is 0 Å². The molecule has 0 atom stereocenters. The molecule has 1 N–H and O–H groups in total. The molecule has 0 unspecified atom stereocenters. The number of nitrogens with zero attached hydrogens (tertiary/aromatic N) is 2. The molecule has 0 aliphatic rings. The van der Waals surface area contributed by atoms with Crippen molar-refractivity contribution in [2.75, 3.05) is 12.9 Å². The van der Waals surface area contributed by atoms with Gasteiger partial charge >= 0.3 is 6.03 Å². The van der Waals surface area contributed by atoms with Crippen LogP contribution in [0.15, 0.2) is 24.5 Å². The maximum Gasteiger partial charge on any atom is 0.324 e. The molecule has 0 saturated carbocycles. The minimum atomic E-state index is -0.510. The third kappa shape index (κ3) is 3.86. The lowest BCUT2D eigenvalue weighted by atomic mass is 10.3. The van der Waals surface area contributed by atoms with Crippen molar-refractivity contribution in [3.63, 3.8) is 0 Å². The minimum absolute atomic E-state index is 0.230. The van der Waals surface area contributed by atoms with E-state index in [2.05, 4.69) is 10.3 Å². The van der Waals surface area contributed by atoms with Crippen LogP contribution in [0.2, 0.25) is 0 Å². The number of alkyl halides is 1. The molecule has 0 fully saturated rings. The summed E-state index contributed by atoms with van der Waals surface area (Å²) in [5, 5.41) is 2.15. The van der Waals surface area contributed by atoms with Gasteiger partial charge in [0.2, 0.25) is 5.91 Å². The summed E-state index contributed by atoms with van der Waals surface area (Å²) in [6.45, 7) is 0.384. The van der Waals surface area contributed by atoms with Crippen molar-refractivity contribution in [3.05, 3.63) is 30.1 Å². The number of rotatable bonds is 3. The fourth-order valence-electron chi connectivity index (χ4n) is 1.09. The number of pyridine rings is 1. The SMILES string of the molecule is CN(Cc1cccnc1)C(=O)NC(=O)CCl. The van der Waals surface area contributed by atoms with E-state index in [4.69, 9.17) is 11.6 Å². The van der Waals surface area contributed by atoms with E-state index in [0.717, 1.165) is 5.56 Å². The van der Waals surface area contributed by atoms with E-state index in [1.54, 1.807) is 25.5 Å². The molecule has 0 bridgehead atoms. The minimum Gasteiger partial charge on any atom is -0.323 e. The van der Waals surface area contributed by atoms with Gasteiger partial charge in [0.25, 0.3) is 0 Å². The van der Waals surface area contributed by atoms with Gasteiger partial charge in [-0.25, -0.2) is 4.79 Å². The van der Waals surface area contributed by atoms with E-state index in [1.807, 2.05) is 6.07 Å². The highest BCUT2D eigenvalue weighted by Gasteiger charge is 2.11. The van der Waals surface area contributed by atoms with E-state index in [0.29, 0.717) is 6.54 Å². The van der Waals surface area contributed by atoms with Gasteiger partial charge in [0.1, 0.15) is 5.88 Å². The van der Waals surface area contributed by atoms with Gasteiger partial charge < -0.3 is 4.90 Å². The van der Waals surface area contributed by atoms with Crippen LogP contribution in [0.5, 0.6) is 0 Å². The van der Waals surface area contributed by atoms with Crippen LogP contribution in [0.1, 0.15) is 5.56 Å². The first-order valence-electron chi connectivity index (χ1n) is 4.63. The summed E-state index contributed by atoms with van der Waals surface area (Å²) in [5.41, 5.74) is 0.887. The molecule has 1 heterocycles. The molecule has 1 aromatic rings. The molecule has 6 heteroatoms. The first-order chi connectivity index (χ1) is 7.63. The molecule has 16 heavy (non-hydrogen) atoms. The number of urea groups is 1. The number of halogens is 1. The molecule has 3 amide bonds. The van der Waals surface area contributed by atoms with Crippen LogP contribution in [0.25, 0.3) is 0 Å². The third-order valence-corrected chi connectivity index (χ3v) is 2.10. The molecule has 0 radical (unpaired) electrons. The molecule has 0 spiro atoms. The van der Waals surface area contributed by atoms with Crippen molar-refractivity contribution in [1.29, 1.82) is 0 Å². The van der Waals surface area contributed by atoms with Crippen molar-refractivity contribution in [1.82, 2.24) is 15.2 Å². The first kappa shape index (κ1) is 12.4. The largest absolute Gasteiger partial charge is 0.324 e. The van der Waals surface area contributed by atoms with E-state index in [-0.39, 0.29) is 5.88 Å². The van der Waals surface area contributed by atoms with Gasteiger partial charge in [-0.05, 0) is 11.6 Å². The highest BCUT2D eigenvalue weighted by atomic mass is 35.5. The Morgan fingerprint density at radius 3 is 2.88 bits per heavy atom. The van der Waals surface area contributed by atoms with E-state index in [1.165, 1.54) is 4.90 Å². The third-order valence-electron chi connectivity index (χ3n) is 1.86. The van der Waals surface area contributed by atoms with Gasteiger partial charge in [-0.2, -0.15) is 0 Å². The van der Waals surface area contributed by atoms with E-state index >= 15 is 0 Å². The van der Waals surface area contributed by atoms with Gasteiger partial charge in [-0.3, -0.25) is 15.1 Å². The molecule has 0 aliphatic heterocycles. The average Bonchev–Trinajstić information content (AvgIpc) is 2.30. The van der Waals surface area contributed by atoms with Crippen LogP contribution in [0.3, 0.4) is 0 Å². The normalized spacial score (nSPS) is 9.62. The van der Waals surface area contributed by atoms with Gasteiger partial charge in [0, 0.05) is 26.0 Å². The number of nitrogens with one attached hydrogen (secondary N) is 1. The molecular weight excluding hydrogens is 230 g/mol. The molecule has 1 aromatic heterocycles. The second kappa shape index (κ2) is 6.07. The Hall–Kier alpha value is -1.62. The Morgan fingerprint density at radius 2 is 2.31 bits per heavy atom. The fourth-order valence-corrected chi connectivity index (χ4v) is 1.15. The number of amides is 3. The number of imide groups is 1. The summed E-state index contributed by atoms with van der Waals surface area (Å²) in [4.78, 5) is 27.6. The Balaban J connectivity index is 2.49. The van der Waals surface area contributed by atoms with Crippen LogP contribution in [0, 0.1) is 0 Å². The maximum absolute atomic E-state index is 11.4. The highest BCUT2D eigenvalue weighted by molar-refractivity contribution is 6.28. The molecule has 0 aromatic carbocycles. The summed E-state index contributed by atoms with van der Waals surface area (Å²) in [5.74, 6) is -0.739. The smallest absolute Gasteiger partial charge is 0.323 e. The highest BCUT2D eigenvalue weighted by Crippen LogP contribution is 2.00. The Kier molecular flexibility index (Phi) is 4.72. The lowest BCUT2D eigenvalue weighted by molar-refractivity contribution is -0.117. The van der Waals surface area contributed by atoms with Crippen LogP contribution in [-0.2, 0) is 11.3 Å². The first-order valence-corrected chi connectivity index (χ1v) is 5.16. The van der Waals surface area contributed by atoms with Gasteiger partial charge in [0.15, 0.2) is 0 Å². The molecule has 5 nitrogen and oxygen atoms in total. The number of carbonyl (C=O) groups excluding carboxylic acids is 2. The lowest BCUT2D eigenvalue weighted by Gasteiger charge is -2.16. The van der Waals surface area contributed by atoms with Crippen LogP contribution in [0.4, 0.5) is 4.79 Å². The molecule has 1 rings (SSSR count). The van der Waals surface area contributed by atoms with Crippen molar-refractivity contribution in [2.45, 2.75) is 6.54 Å². The second-order valence-corrected chi connectivity index (χ2v) is 3.47. The number of aromatic nitrogens is 1. The number of hydrogen-bond acceptors (Lipinski definition) is 3. The quantitative estimate of drug-likeness (QED) is 0.803. The molecular formula is C10H12ClN3O2. The zero-order chi connectivity index (χ0) is 12.0. The molecule has 0 aliphatic carbocycles. The predicted molar refractivity (Wildman–Crippen MR) is 60.0 cm³/mol. The summed E-state index contributed by atoms with van der Waals surface area (Å²) in [6, 6.07) is 3.15. The second-order valence-electron chi connectivity index (χ2n) is 3.20. The standard InChI is InChI=1S/C10H12ClN3O2/c1-14(10(16)13-9(15)5-11)7-8-3-2-4-12-6-8/h2-4,6H,5,7H2,1H3,(H,13,15,16). The summed E-state index contributed by atoms with van der Waals surface area (Å²) < 4.78 is 0.